The first-order valence-electron chi connectivity index (χ1n) is 5.60. The van der Waals surface area contributed by atoms with Crippen molar-refractivity contribution in [1.82, 2.24) is 5.32 Å². The Morgan fingerprint density at radius 1 is 1.00 bits per heavy atom. The maximum Gasteiger partial charge on any atom is 0.463 e. The number of nitrogens with one attached hydrogen (secondary N) is 1. The van der Waals surface area contributed by atoms with Crippen LogP contribution in [0.2, 0.25) is 0 Å². The third kappa shape index (κ3) is 3.54. The Balaban J connectivity index is 2.54. The molecule has 0 unspecified atom stereocenters. The number of alkyl halides is 5. The Hall–Kier alpha value is -1.41. The van der Waals surface area contributed by atoms with Crippen LogP contribution in [0.1, 0.15) is 25.7 Å². The number of nitrogens with two attached hydrogens (primary N) is 1. The van der Waals surface area contributed by atoms with E-state index in [0.29, 0.717) is 0 Å². The normalized spacial score (nSPS) is 24.9. The maximum atomic E-state index is 12.7. The van der Waals surface area contributed by atoms with Gasteiger partial charge in [-0.2, -0.15) is 22.0 Å². The summed E-state index contributed by atoms with van der Waals surface area (Å²) in [5, 5.41) is 1.66. The van der Waals surface area contributed by atoms with E-state index in [4.69, 9.17) is 5.73 Å². The Kier molecular flexibility index (Phi) is 4.36. The molecule has 0 saturated heterocycles. The number of amides is 2. The molecule has 0 radical (unpaired) electrons. The lowest BCUT2D eigenvalue weighted by Gasteiger charge is -2.29. The average Bonchev–Trinajstić information content (AvgIpc) is 2.28. The van der Waals surface area contributed by atoms with Crippen molar-refractivity contribution < 1.29 is 31.5 Å². The Bertz CT molecular complexity index is 361. The molecule has 110 valence electrons. The molecule has 1 rings (SSSR count). The number of hydrogen-bond acceptors (Lipinski definition) is 2. The lowest BCUT2D eigenvalue weighted by Crippen LogP contribution is -2.53. The fourth-order valence-corrected chi connectivity index (χ4v) is 1.93. The maximum absolute atomic E-state index is 12.7. The van der Waals surface area contributed by atoms with Crippen molar-refractivity contribution in [1.29, 1.82) is 0 Å². The molecule has 0 aromatic rings. The van der Waals surface area contributed by atoms with Gasteiger partial charge in [0.25, 0.3) is 0 Å². The molecule has 4 nitrogen and oxygen atoms in total. The Morgan fingerprint density at radius 3 is 1.84 bits per heavy atom. The highest BCUT2D eigenvalue weighted by molar-refractivity contribution is 5.84. The molecule has 1 aliphatic rings. The van der Waals surface area contributed by atoms with Crippen molar-refractivity contribution in [3.8, 4) is 0 Å². The minimum Gasteiger partial charge on any atom is -0.369 e. The second-order valence-corrected chi connectivity index (χ2v) is 4.50. The summed E-state index contributed by atoms with van der Waals surface area (Å²) in [6, 6.07) is -0.795. The number of primary amides is 1. The molecule has 1 saturated carbocycles. The standard InChI is InChI=1S/C10H13F5N2O2/c11-9(12,10(13,14)15)8(19)17-6-3-1-5(2-4-6)7(16)18/h5-6H,1-4H2,(H2,16,18)(H,17,19). The van der Waals surface area contributed by atoms with E-state index in [0.717, 1.165) is 0 Å². The zero-order chi connectivity index (χ0) is 14.8. The second kappa shape index (κ2) is 5.30. The third-order valence-corrected chi connectivity index (χ3v) is 3.11. The molecule has 1 aliphatic carbocycles. The van der Waals surface area contributed by atoms with Crippen molar-refractivity contribution in [2.24, 2.45) is 11.7 Å². The fraction of sp³-hybridized carbons (Fsp3) is 0.800. The smallest absolute Gasteiger partial charge is 0.369 e. The summed E-state index contributed by atoms with van der Waals surface area (Å²) < 4.78 is 61.1. The molecule has 0 atom stereocenters. The zero-order valence-electron chi connectivity index (χ0n) is 9.77. The van der Waals surface area contributed by atoms with Crippen LogP contribution in [0, 0.1) is 5.92 Å². The van der Waals surface area contributed by atoms with E-state index >= 15 is 0 Å². The van der Waals surface area contributed by atoms with E-state index in [1.807, 2.05) is 0 Å². The fourth-order valence-electron chi connectivity index (χ4n) is 1.93. The van der Waals surface area contributed by atoms with Gasteiger partial charge in [-0.15, -0.1) is 0 Å². The number of carbonyl (C=O) groups excluding carboxylic acids is 2. The highest BCUT2D eigenvalue weighted by atomic mass is 19.4. The first-order chi connectivity index (χ1) is 8.55. The van der Waals surface area contributed by atoms with Crippen molar-refractivity contribution in [2.75, 3.05) is 0 Å². The van der Waals surface area contributed by atoms with Gasteiger partial charge in [0.15, 0.2) is 0 Å². The number of hydrogen-bond donors (Lipinski definition) is 2. The van der Waals surface area contributed by atoms with E-state index < -0.39 is 35.9 Å². The van der Waals surface area contributed by atoms with Crippen LogP contribution in [0.4, 0.5) is 22.0 Å². The topological polar surface area (TPSA) is 72.2 Å². The van der Waals surface area contributed by atoms with Crippen molar-refractivity contribution in [2.45, 2.75) is 43.8 Å². The minimum absolute atomic E-state index is 0.146. The number of rotatable bonds is 3. The second-order valence-electron chi connectivity index (χ2n) is 4.50. The lowest BCUT2D eigenvalue weighted by molar-refractivity contribution is -0.270. The van der Waals surface area contributed by atoms with Gasteiger partial charge in [0.1, 0.15) is 0 Å². The molecular weight excluding hydrogens is 275 g/mol. The van der Waals surface area contributed by atoms with Gasteiger partial charge >= 0.3 is 18.0 Å². The molecule has 2 amide bonds. The zero-order valence-corrected chi connectivity index (χ0v) is 9.77. The largest absolute Gasteiger partial charge is 0.463 e. The average molecular weight is 288 g/mol. The van der Waals surface area contributed by atoms with E-state index in [1.165, 1.54) is 0 Å². The monoisotopic (exact) mass is 288 g/mol. The molecule has 1 fully saturated rings. The van der Waals surface area contributed by atoms with Gasteiger partial charge in [-0.3, -0.25) is 9.59 Å². The first-order valence-corrected chi connectivity index (χ1v) is 5.60. The van der Waals surface area contributed by atoms with Gasteiger partial charge in [0, 0.05) is 12.0 Å². The van der Waals surface area contributed by atoms with Gasteiger partial charge in [0.05, 0.1) is 0 Å². The highest BCUT2D eigenvalue weighted by Crippen LogP contribution is 2.36. The van der Waals surface area contributed by atoms with Gasteiger partial charge in [-0.1, -0.05) is 0 Å². The molecule has 0 aromatic carbocycles. The molecule has 0 spiro atoms. The summed E-state index contributed by atoms with van der Waals surface area (Å²) in [6.45, 7) is 0. The van der Waals surface area contributed by atoms with Crippen LogP contribution >= 0.6 is 0 Å². The molecular formula is C10H13F5N2O2. The number of carbonyl (C=O) groups is 2. The van der Waals surface area contributed by atoms with Crippen LogP contribution < -0.4 is 11.1 Å². The predicted molar refractivity (Wildman–Crippen MR) is 54.1 cm³/mol. The third-order valence-electron chi connectivity index (χ3n) is 3.11. The van der Waals surface area contributed by atoms with E-state index in [-0.39, 0.29) is 25.7 Å². The highest BCUT2D eigenvalue weighted by Gasteiger charge is 2.63. The SMILES string of the molecule is NC(=O)C1CCC(NC(=O)C(F)(F)C(F)(F)F)CC1. The van der Waals surface area contributed by atoms with Crippen molar-refractivity contribution in [3.63, 3.8) is 0 Å². The van der Waals surface area contributed by atoms with Gasteiger partial charge < -0.3 is 11.1 Å². The van der Waals surface area contributed by atoms with E-state index in [1.54, 1.807) is 5.32 Å². The van der Waals surface area contributed by atoms with Gasteiger partial charge in [0.2, 0.25) is 5.91 Å². The van der Waals surface area contributed by atoms with Gasteiger partial charge in [-0.05, 0) is 25.7 Å². The predicted octanol–water partition coefficient (Wildman–Crippen LogP) is 1.34. The Morgan fingerprint density at radius 2 is 1.47 bits per heavy atom. The van der Waals surface area contributed by atoms with Crippen LogP contribution in [-0.4, -0.2) is 30.0 Å². The molecule has 9 heteroatoms. The summed E-state index contributed by atoms with van der Waals surface area (Å²) in [5.41, 5.74) is 5.05. The minimum atomic E-state index is -5.92. The summed E-state index contributed by atoms with van der Waals surface area (Å²) >= 11 is 0. The summed E-state index contributed by atoms with van der Waals surface area (Å²) in [4.78, 5) is 21.8. The molecule has 3 N–H and O–H groups in total. The summed E-state index contributed by atoms with van der Waals surface area (Å²) in [5.74, 6) is -8.72. The molecule has 0 bridgehead atoms. The van der Waals surface area contributed by atoms with Crippen LogP contribution in [0.3, 0.4) is 0 Å². The van der Waals surface area contributed by atoms with E-state index in [9.17, 15) is 31.5 Å². The molecule has 0 aromatic heterocycles. The first kappa shape index (κ1) is 15.6. The number of halogens is 5. The molecule has 0 heterocycles. The molecule has 0 aliphatic heterocycles. The van der Waals surface area contributed by atoms with E-state index in [2.05, 4.69) is 0 Å². The summed E-state index contributed by atoms with van der Waals surface area (Å²) in [7, 11) is 0. The summed E-state index contributed by atoms with van der Waals surface area (Å²) in [6.07, 6.45) is -5.10. The lowest BCUT2D eigenvalue weighted by atomic mass is 9.85. The van der Waals surface area contributed by atoms with Crippen LogP contribution in [-0.2, 0) is 9.59 Å². The van der Waals surface area contributed by atoms with Crippen molar-refractivity contribution in [3.05, 3.63) is 0 Å². The van der Waals surface area contributed by atoms with Crippen LogP contribution in [0.5, 0.6) is 0 Å². The Labute approximate surface area is 105 Å². The van der Waals surface area contributed by atoms with Crippen molar-refractivity contribution >= 4 is 11.8 Å². The van der Waals surface area contributed by atoms with Gasteiger partial charge in [-0.25, -0.2) is 0 Å². The quantitative estimate of drug-likeness (QED) is 0.769. The van der Waals surface area contributed by atoms with Crippen LogP contribution in [0.25, 0.3) is 0 Å². The molecule has 19 heavy (non-hydrogen) atoms. The van der Waals surface area contributed by atoms with Crippen LogP contribution in [0.15, 0.2) is 0 Å².